The van der Waals surface area contributed by atoms with E-state index in [4.69, 9.17) is 37.4 Å². The van der Waals surface area contributed by atoms with E-state index in [9.17, 15) is 0 Å². The minimum atomic E-state index is -0.139. The van der Waals surface area contributed by atoms with Gasteiger partial charge in [0.25, 0.3) is 0 Å². The lowest BCUT2D eigenvalue weighted by atomic mass is 10.00. The van der Waals surface area contributed by atoms with Crippen LogP contribution < -0.4 is 14.2 Å². The van der Waals surface area contributed by atoms with Gasteiger partial charge in [-0.05, 0) is 43.3 Å². The summed E-state index contributed by atoms with van der Waals surface area (Å²) in [6.07, 6.45) is 0.785. The molecule has 1 aliphatic rings. The van der Waals surface area contributed by atoms with Crippen molar-refractivity contribution in [2.75, 3.05) is 34.4 Å². The molecule has 0 fully saturated rings. The number of hydrogen-bond acceptors (Lipinski definition) is 4. The summed E-state index contributed by atoms with van der Waals surface area (Å²) in [6, 6.07) is 9.37. The smallest absolute Gasteiger partial charge is 0.161 e. The minimum absolute atomic E-state index is 0.139. The van der Waals surface area contributed by atoms with Crippen molar-refractivity contribution in [3.05, 3.63) is 51.5 Å². The summed E-state index contributed by atoms with van der Waals surface area (Å²) in [6.45, 7) is 1.71. The highest BCUT2D eigenvalue weighted by Gasteiger charge is 2.25. The number of methoxy groups -OCH3 is 2. The van der Waals surface area contributed by atoms with E-state index in [0.717, 1.165) is 30.8 Å². The molecule has 0 N–H and O–H groups in total. The van der Waals surface area contributed by atoms with E-state index in [0.29, 0.717) is 21.5 Å². The summed E-state index contributed by atoms with van der Waals surface area (Å²) in [4.78, 5) is 2.25. The first kappa shape index (κ1) is 18.2. The zero-order valence-corrected chi connectivity index (χ0v) is 16.0. The summed E-state index contributed by atoms with van der Waals surface area (Å²) >= 11 is 12.1. The van der Waals surface area contributed by atoms with E-state index in [1.807, 2.05) is 18.2 Å². The number of halogens is 2. The Bertz CT molecular complexity index is 767. The lowest BCUT2D eigenvalue weighted by Crippen LogP contribution is -2.26. The molecule has 25 heavy (non-hydrogen) atoms. The molecule has 2 aromatic rings. The van der Waals surface area contributed by atoms with Crippen LogP contribution in [-0.4, -0.2) is 39.3 Å². The standard InChI is InChI=1S/C19H21Cl2NO3/c1-22-7-6-12-8-17(23-2)18(24-3)10-14(12)19(11-22)25-13-4-5-15(20)16(21)9-13/h4-5,8-10,19H,6-7,11H2,1-3H3. The maximum Gasteiger partial charge on any atom is 0.161 e. The van der Waals surface area contributed by atoms with Crippen molar-refractivity contribution in [2.45, 2.75) is 12.5 Å². The molecule has 1 atom stereocenters. The minimum Gasteiger partial charge on any atom is -0.493 e. The molecule has 0 radical (unpaired) electrons. The first-order valence-electron chi connectivity index (χ1n) is 8.07. The molecule has 3 rings (SSSR count). The first-order chi connectivity index (χ1) is 12.0. The second-order valence-electron chi connectivity index (χ2n) is 6.10. The average molecular weight is 382 g/mol. The van der Waals surface area contributed by atoms with Crippen LogP contribution in [0.5, 0.6) is 17.2 Å². The van der Waals surface area contributed by atoms with Crippen LogP contribution in [0.15, 0.2) is 30.3 Å². The quantitative estimate of drug-likeness (QED) is 0.772. The van der Waals surface area contributed by atoms with E-state index in [1.54, 1.807) is 26.4 Å². The molecule has 0 bridgehead atoms. The third-order valence-electron chi connectivity index (χ3n) is 4.40. The van der Waals surface area contributed by atoms with E-state index in [2.05, 4.69) is 11.9 Å². The normalized spacial score (nSPS) is 17.6. The molecule has 1 unspecified atom stereocenters. The number of rotatable bonds is 4. The molecular weight excluding hydrogens is 361 g/mol. The summed E-state index contributed by atoms with van der Waals surface area (Å²) in [5.41, 5.74) is 2.31. The molecule has 0 spiro atoms. The Labute approximate surface area is 158 Å². The predicted octanol–water partition coefficient (Wildman–Crippen LogP) is 4.62. The monoisotopic (exact) mass is 381 g/mol. The van der Waals surface area contributed by atoms with Gasteiger partial charge in [-0.1, -0.05) is 23.2 Å². The summed E-state index contributed by atoms with van der Waals surface area (Å²) in [5.74, 6) is 2.13. The van der Waals surface area contributed by atoms with Gasteiger partial charge in [0.05, 0.1) is 24.3 Å². The molecule has 0 saturated carbocycles. The van der Waals surface area contributed by atoms with Crippen LogP contribution in [0.4, 0.5) is 0 Å². The fraction of sp³-hybridized carbons (Fsp3) is 0.368. The molecule has 6 heteroatoms. The lowest BCUT2D eigenvalue weighted by molar-refractivity contribution is 0.156. The summed E-state index contributed by atoms with van der Waals surface area (Å²) in [7, 11) is 5.38. The molecular formula is C19H21Cl2NO3. The van der Waals surface area contributed by atoms with Gasteiger partial charge >= 0.3 is 0 Å². The van der Waals surface area contributed by atoms with Gasteiger partial charge in [-0.25, -0.2) is 0 Å². The Hall–Kier alpha value is -1.62. The number of fused-ring (bicyclic) bond motifs is 1. The zero-order chi connectivity index (χ0) is 18.0. The molecule has 4 nitrogen and oxygen atoms in total. The van der Waals surface area contributed by atoms with Crippen LogP contribution in [0.25, 0.3) is 0 Å². The van der Waals surface area contributed by atoms with Crippen molar-refractivity contribution in [2.24, 2.45) is 0 Å². The van der Waals surface area contributed by atoms with Gasteiger partial charge in [-0.15, -0.1) is 0 Å². The van der Waals surface area contributed by atoms with Crippen LogP contribution in [0.1, 0.15) is 17.2 Å². The van der Waals surface area contributed by atoms with Crippen LogP contribution in [0, 0.1) is 0 Å². The van der Waals surface area contributed by atoms with E-state index in [1.165, 1.54) is 5.56 Å². The van der Waals surface area contributed by atoms with Gasteiger partial charge in [0, 0.05) is 24.7 Å². The van der Waals surface area contributed by atoms with Gasteiger partial charge < -0.3 is 19.1 Å². The average Bonchev–Trinajstić information content (AvgIpc) is 2.75. The third kappa shape index (κ3) is 3.97. The number of hydrogen-bond donors (Lipinski definition) is 0. The highest BCUT2D eigenvalue weighted by atomic mass is 35.5. The Kier molecular flexibility index (Phi) is 5.62. The molecule has 2 aromatic carbocycles. The number of likely N-dealkylation sites (N-methyl/N-ethyl adjacent to an activating group) is 1. The largest absolute Gasteiger partial charge is 0.493 e. The molecule has 1 heterocycles. The van der Waals surface area contributed by atoms with Gasteiger partial charge in [-0.3, -0.25) is 0 Å². The Morgan fingerprint density at radius 1 is 1.00 bits per heavy atom. The van der Waals surface area contributed by atoms with Crippen molar-refractivity contribution in [3.8, 4) is 17.2 Å². The molecule has 1 aliphatic heterocycles. The lowest BCUT2D eigenvalue weighted by Gasteiger charge is -2.24. The fourth-order valence-corrected chi connectivity index (χ4v) is 3.34. The van der Waals surface area contributed by atoms with Gasteiger partial charge in [0.2, 0.25) is 0 Å². The van der Waals surface area contributed by atoms with Gasteiger partial charge in [0.1, 0.15) is 11.9 Å². The number of benzene rings is 2. The summed E-state index contributed by atoms with van der Waals surface area (Å²) < 4.78 is 17.2. The maximum atomic E-state index is 6.26. The van der Waals surface area contributed by atoms with Crippen molar-refractivity contribution >= 4 is 23.2 Å². The topological polar surface area (TPSA) is 30.9 Å². The molecule has 0 amide bonds. The van der Waals surface area contributed by atoms with Crippen LogP contribution in [0.2, 0.25) is 10.0 Å². The van der Waals surface area contributed by atoms with Crippen molar-refractivity contribution in [3.63, 3.8) is 0 Å². The zero-order valence-electron chi connectivity index (χ0n) is 14.5. The summed E-state index contributed by atoms with van der Waals surface area (Å²) in [5, 5.41) is 0.993. The molecule has 134 valence electrons. The third-order valence-corrected chi connectivity index (χ3v) is 5.14. The fourth-order valence-electron chi connectivity index (χ4n) is 3.05. The highest BCUT2D eigenvalue weighted by Crippen LogP contribution is 2.37. The van der Waals surface area contributed by atoms with Crippen LogP contribution >= 0.6 is 23.2 Å². The Balaban J connectivity index is 1.99. The first-order valence-corrected chi connectivity index (χ1v) is 8.82. The van der Waals surface area contributed by atoms with Crippen molar-refractivity contribution in [1.82, 2.24) is 4.90 Å². The second kappa shape index (κ2) is 7.73. The Morgan fingerprint density at radius 3 is 2.40 bits per heavy atom. The van der Waals surface area contributed by atoms with Crippen LogP contribution in [0.3, 0.4) is 0 Å². The van der Waals surface area contributed by atoms with E-state index in [-0.39, 0.29) is 6.10 Å². The number of nitrogens with zero attached hydrogens (tertiary/aromatic N) is 1. The predicted molar refractivity (Wildman–Crippen MR) is 101 cm³/mol. The second-order valence-corrected chi connectivity index (χ2v) is 6.92. The highest BCUT2D eigenvalue weighted by molar-refractivity contribution is 6.42. The number of ether oxygens (including phenoxy) is 3. The van der Waals surface area contributed by atoms with E-state index < -0.39 is 0 Å². The van der Waals surface area contributed by atoms with Gasteiger partial charge in [-0.2, -0.15) is 0 Å². The molecule has 0 aromatic heterocycles. The van der Waals surface area contributed by atoms with Gasteiger partial charge in [0.15, 0.2) is 11.5 Å². The Morgan fingerprint density at radius 2 is 1.72 bits per heavy atom. The molecule has 0 aliphatic carbocycles. The van der Waals surface area contributed by atoms with Crippen LogP contribution in [-0.2, 0) is 6.42 Å². The van der Waals surface area contributed by atoms with Crippen molar-refractivity contribution < 1.29 is 14.2 Å². The molecule has 0 saturated heterocycles. The van der Waals surface area contributed by atoms with Crippen molar-refractivity contribution in [1.29, 1.82) is 0 Å². The van der Waals surface area contributed by atoms with E-state index >= 15 is 0 Å². The maximum absolute atomic E-state index is 6.26. The SMILES string of the molecule is COc1cc2c(cc1OC)C(Oc1ccc(Cl)c(Cl)c1)CN(C)CC2.